The number of methoxy groups -OCH3 is 1. The predicted octanol–water partition coefficient (Wildman–Crippen LogP) is 2.14. The molecule has 0 unspecified atom stereocenters. The fourth-order valence-electron chi connectivity index (χ4n) is 1.81. The van der Waals surface area contributed by atoms with Gasteiger partial charge in [0.15, 0.2) is 17.4 Å². The second-order valence-corrected chi connectivity index (χ2v) is 4.39. The van der Waals surface area contributed by atoms with Crippen LogP contribution in [0.15, 0.2) is 30.5 Å². The van der Waals surface area contributed by atoms with Crippen molar-refractivity contribution in [1.29, 1.82) is 0 Å². The van der Waals surface area contributed by atoms with Crippen LogP contribution < -0.4 is 10.1 Å². The minimum absolute atomic E-state index is 0.153. The molecule has 0 radical (unpaired) electrons. The quantitative estimate of drug-likeness (QED) is 0.911. The molecule has 0 saturated carbocycles. The summed E-state index contributed by atoms with van der Waals surface area (Å²) in [4.78, 5) is 11.7. The monoisotopic (exact) mass is 277 g/mol. The van der Waals surface area contributed by atoms with E-state index < -0.39 is 5.82 Å². The summed E-state index contributed by atoms with van der Waals surface area (Å²) < 4.78 is 19.9. The Morgan fingerprint density at radius 3 is 2.85 bits per heavy atom. The number of anilines is 1. The second-order valence-electron chi connectivity index (χ2n) is 4.39. The number of rotatable bonds is 5. The standard InChI is InChI=1S/C14H16FN3O2/c1-18-8-7-13(17-18)16-14(19)6-4-10-3-5-12(20-2)11(15)9-10/h3,5,7-9H,4,6H2,1-2H3,(H,16,17,19). The lowest BCUT2D eigenvalue weighted by atomic mass is 10.1. The van der Waals surface area contributed by atoms with Gasteiger partial charge in [0, 0.05) is 25.7 Å². The Labute approximate surface area is 116 Å². The van der Waals surface area contributed by atoms with Gasteiger partial charge in [0.25, 0.3) is 0 Å². The number of nitrogens with one attached hydrogen (secondary N) is 1. The summed E-state index contributed by atoms with van der Waals surface area (Å²) >= 11 is 0. The number of hydrogen-bond donors (Lipinski definition) is 1. The van der Waals surface area contributed by atoms with Gasteiger partial charge in [-0.25, -0.2) is 4.39 Å². The van der Waals surface area contributed by atoms with Gasteiger partial charge in [-0.05, 0) is 24.1 Å². The van der Waals surface area contributed by atoms with Crippen LogP contribution in [-0.2, 0) is 18.3 Å². The van der Waals surface area contributed by atoms with Crippen LogP contribution in [-0.4, -0.2) is 22.8 Å². The molecule has 2 aromatic rings. The number of amides is 1. The van der Waals surface area contributed by atoms with Crippen molar-refractivity contribution in [3.63, 3.8) is 0 Å². The molecular formula is C14H16FN3O2. The first-order chi connectivity index (χ1) is 9.58. The molecule has 1 aromatic carbocycles. The van der Waals surface area contributed by atoms with E-state index in [0.29, 0.717) is 12.2 Å². The van der Waals surface area contributed by atoms with Gasteiger partial charge in [-0.1, -0.05) is 6.07 Å². The fraction of sp³-hybridized carbons (Fsp3) is 0.286. The molecule has 0 bridgehead atoms. The number of aryl methyl sites for hydroxylation is 2. The van der Waals surface area contributed by atoms with Gasteiger partial charge in [-0.15, -0.1) is 0 Å². The molecule has 0 aliphatic carbocycles. The third-order valence-electron chi connectivity index (χ3n) is 2.84. The van der Waals surface area contributed by atoms with Crippen LogP contribution >= 0.6 is 0 Å². The van der Waals surface area contributed by atoms with E-state index in [0.717, 1.165) is 5.56 Å². The molecule has 0 aliphatic heterocycles. The fourth-order valence-corrected chi connectivity index (χ4v) is 1.81. The van der Waals surface area contributed by atoms with E-state index in [4.69, 9.17) is 4.74 Å². The van der Waals surface area contributed by atoms with Crippen molar-refractivity contribution >= 4 is 11.7 Å². The molecule has 0 saturated heterocycles. The van der Waals surface area contributed by atoms with Gasteiger partial charge in [0.2, 0.25) is 5.91 Å². The first-order valence-electron chi connectivity index (χ1n) is 6.20. The van der Waals surface area contributed by atoms with Gasteiger partial charge in [-0.2, -0.15) is 5.10 Å². The minimum Gasteiger partial charge on any atom is -0.494 e. The topological polar surface area (TPSA) is 56.1 Å². The number of benzene rings is 1. The van der Waals surface area contributed by atoms with E-state index in [1.165, 1.54) is 13.2 Å². The Morgan fingerprint density at radius 2 is 2.25 bits per heavy atom. The number of carbonyl (C=O) groups excluding carboxylic acids is 1. The molecule has 1 N–H and O–H groups in total. The molecule has 2 rings (SSSR count). The highest BCUT2D eigenvalue weighted by Gasteiger charge is 2.07. The normalized spacial score (nSPS) is 10.3. The molecule has 1 amide bonds. The van der Waals surface area contributed by atoms with Gasteiger partial charge in [0.1, 0.15) is 0 Å². The highest BCUT2D eigenvalue weighted by molar-refractivity contribution is 5.89. The van der Waals surface area contributed by atoms with Gasteiger partial charge < -0.3 is 10.1 Å². The highest BCUT2D eigenvalue weighted by Crippen LogP contribution is 2.18. The summed E-state index contributed by atoms with van der Waals surface area (Å²) in [5, 5.41) is 6.73. The second kappa shape index (κ2) is 6.18. The maximum absolute atomic E-state index is 13.5. The molecule has 106 valence electrons. The Balaban J connectivity index is 1.88. The lowest BCUT2D eigenvalue weighted by Gasteiger charge is -2.05. The van der Waals surface area contributed by atoms with E-state index in [1.54, 1.807) is 36.1 Å². The zero-order chi connectivity index (χ0) is 14.5. The molecular weight excluding hydrogens is 261 g/mol. The molecule has 0 aliphatic rings. The van der Waals surface area contributed by atoms with Crippen LogP contribution in [0.1, 0.15) is 12.0 Å². The van der Waals surface area contributed by atoms with E-state index in [2.05, 4.69) is 10.4 Å². The molecule has 6 heteroatoms. The van der Waals surface area contributed by atoms with Gasteiger partial charge in [-0.3, -0.25) is 9.48 Å². The summed E-state index contributed by atoms with van der Waals surface area (Å²) in [6.45, 7) is 0. The Morgan fingerprint density at radius 1 is 1.45 bits per heavy atom. The van der Waals surface area contributed by atoms with Crippen molar-refractivity contribution < 1.29 is 13.9 Å². The number of hydrogen-bond acceptors (Lipinski definition) is 3. The van der Waals surface area contributed by atoms with Gasteiger partial charge >= 0.3 is 0 Å². The Hall–Kier alpha value is -2.37. The van der Waals surface area contributed by atoms with Crippen molar-refractivity contribution in [1.82, 2.24) is 9.78 Å². The maximum Gasteiger partial charge on any atom is 0.225 e. The minimum atomic E-state index is -0.421. The lowest BCUT2D eigenvalue weighted by Crippen LogP contribution is -2.13. The maximum atomic E-state index is 13.5. The number of aromatic nitrogens is 2. The smallest absolute Gasteiger partial charge is 0.225 e. The van der Waals surface area contributed by atoms with Crippen LogP contribution in [0.25, 0.3) is 0 Å². The zero-order valence-corrected chi connectivity index (χ0v) is 11.4. The van der Waals surface area contributed by atoms with Crippen LogP contribution in [0.5, 0.6) is 5.75 Å². The number of ether oxygens (including phenoxy) is 1. The summed E-state index contributed by atoms with van der Waals surface area (Å²) in [6, 6.07) is 6.40. The van der Waals surface area contributed by atoms with Crippen molar-refractivity contribution in [2.24, 2.45) is 7.05 Å². The molecule has 1 aromatic heterocycles. The Bertz CT molecular complexity index is 610. The summed E-state index contributed by atoms with van der Waals surface area (Å²) in [7, 11) is 3.19. The summed E-state index contributed by atoms with van der Waals surface area (Å²) in [6.07, 6.45) is 2.47. The van der Waals surface area contributed by atoms with Crippen LogP contribution in [0.4, 0.5) is 10.2 Å². The van der Waals surface area contributed by atoms with Crippen molar-refractivity contribution in [3.05, 3.63) is 41.8 Å². The van der Waals surface area contributed by atoms with E-state index in [1.807, 2.05) is 0 Å². The Kier molecular flexibility index (Phi) is 4.34. The van der Waals surface area contributed by atoms with Gasteiger partial charge in [0.05, 0.1) is 7.11 Å². The summed E-state index contributed by atoms with van der Waals surface area (Å²) in [5.41, 5.74) is 0.750. The van der Waals surface area contributed by atoms with Crippen LogP contribution in [0.3, 0.4) is 0 Å². The molecule has 1 heterocycles. The third kappa shape index (κ3) is 3.57. The molecule has 0 spiro atoms. The van der Waals surface area contributed by atoms with Crippen LogP contribution in [0.2, 0.25) is 0 Å². The van der Waals surface area contributed by atoms with Crippen molar-refractivity contribution in [2.45, 2.75) is 12.8 Å². The zero-order valence-electron chi connectivity index (χ0n) is 11.4. The molecule has 5 nitrogen and oxygen atoms in total. The first-order valence-corrected chi connectivity index (χ1v) is 6.20. The lowest BCUT2D eigenvalue weighted by molar-refractivity contribution is -0.116. The third-order valence-corrected chi connectivity index (χ3v) is 2.84. The number of halogens is 1. The van der Waals surface area contributed by atoms with E-state index in [9.17, 15) is 9.18 Å². The highest BCUT2D eigenvalue weighted by atomic mass is 19.1. The number of carbonyl (C=O) groups is 1. The molecule has 0 fully saturated rings. The largest absolute Gasteiger partial charge is 0.494 e. The van der Waals surface area contributed by atoms with E-state index >= 15 is 0 Å². The number of nitrogens with zero attached hydrogens (tertiary/aromatic N) is 2. The molecule has 0 atom stereocenters. The van der Waals surface area contributed by atoms with Crippen molar-refractivity contribution in [2.75, 3.05) is 12.4 Å². The molecule has 20 heavy (non-hydrogen) atoms. The van der Waals surface area contributed by atoms with E-state index in [-0.39, 0.29) is 18.1 Å². The average molecular weight is 277 g/mol. The predicted molar refractivity (Wildman–Crippen MR) is 73.1 cm³/mol. The average Bonchev–Trinajstić information content (AvgIpc) is 2.82. The van der Waals surface area contributed by atoms with Crippen molar-refractivity contribution in [3.8, 4) is 5.75 Å². The van der Waals surface area contributed by atoms with Crippen LogP contribution in [0, 0.1) is 5.82 Å². The SMILES string of the molecule is COc1ccc(CCC(=O)Nc2ccn(C)n2)cc1F. The summed E-state index contributed by atoms with van der Waals surface area (Å²) in [5.74, 6) is 0.139. The first kappa shape index (κ1) is 14.0.